The third-order valence-corrected chi connectivity index (χ3v) is 4.54. The first-order chi connectivity index (χ1) is 12.1. The Morgan fingerprint density at radius 2 is 1.52 bits per heavy atom. The Balaban J connectivity index is 1.41. The molecule has 0 aliphatic carbocycles. The number of likely N-dealkylation sites (tertiary alicyclic amines) is 1. The average molecular weight is 345 g/mol. The van der Waals surface area contributed by atoms with E-state index in [2.05, 4.69) is 4.90 Å². The minimum absolute atomic E-state index is 0.0148. The van der Waals surface area contributed by atoms with Crippen LogP contribution < -0.4 is 4.74 Å². The molecule has 3 nitrogen and oxygen atoms in total. The van der Waals surface area contributed by atoms with Gasteiger partial charge in [0.1, 0.15) is 17.4 Å². The maximum atomic E-state index is 12.9. The molecule has 0 aromatic heterocycles. The molecule has 0 amide bonds. The monoisotopic (exact) mass is 345 g/mol. The van der Waals surface area contributed by atoms with Gasteiger partial charge in [0.2, 0.25) is 0 Å². The van der Waals surface area contributed by atoms with E-state index in [1.54, 1.807) is 12.1 Å². The van der Waals surface area contributed by atoms with Crippen LogP contribution in [0.3, 0.4) is 0 Å². The molecule has 132 valence electrons. The van der Waals surface area contributed by atoms with Crippen LogP contribution >= 0.6 is 0 Å². The van der Waals surface area contributed by atoms with Crippen molar-refractivity contribution in [1.82, 2.24) is 4.90 Å². The predicted octanol–water partition coefficient (Wildman–Crippen LogP) is 3.94. The Morgan fingerprint density at radius 1 is 0.960 bits per heavy atom. The van der Waals surface area contributed by atoms with Crippen LogP contribution in [-0.2, 0) is 0 Å². The number of Topliss-reactive ketones (excluding diaryl/α,β-unsaturated/α-hetero) is 1. The van der Waals surface area contributed by atoms with E-state index in [9.17, 15) is 13.6 Å². The van der Waals surface area contributed by atoms with Crippen LogP contribution in [0.5, 0.6) is 5.75 Å². The number of carbonyl (C=O) groups excluding carboxylic acids is 1. The fourth-order valence-electron chi connectivity index (χ4n) is 2.99. The number of halogens is 2. The molecule has 0 N–H and O–H groups in total. The Labute approximate surface area is 146 Å². The van der Waals surface area contributed by atoms with Crippen LogP contribution in [0.1, 0.15) is 23.2 Å². The zero-order valence-electron chi connectivity index (χ0n) is 14.0. The molecule has 1 saturated heterocycles. The Bertz CT molecular complexity index is 693. The second-order valence-corrected chi connectivity index (χ2v) is 6.41. The summed E-state index contributed by atoms with van der Waals surface area (Å²) in [6, 6.07) is 11.7. The smallest absolute Gasteiger partial charge is 0.176 e. The number of ether oxygens (including phenoxy) is 1. The van der Waals surface area contributed by atoms with Gasteiger partial charge in [0.25, 0.3) is 0 Å². The third kappa shape index (κ3) is 5.10. The Hall–Kier alpha value is -2.27. The van der Waals surface area contributed by atoms with Gasteiger partial charge in [-0.05, 0) is 80.4 Å². The van der Waals surface area contributed by atoms with Gasteiger partial charge in [0, 0.05) is 5.56 Å². The van der Waals surface area contributed by atoms with Crippen LogP contribution in [-0.4, -0.2) is 36.9 Å². The molecule has 0 unspecified atom stereocenters. The highest BCUT2D eigenvalue weighted by Crippen LogP contribution is 2.20. The molecule has 1 aliphatic rings. The maximum Gasteiger partial charge on any atom is 0.176 e. The van der Waals surface area contributed by atoms with Gasteiger partial charge in [-0.1, -0.05) is 0 Å². The van der Waals surface area contributed by atoms with Crippen molar-refractivity contribution < 1.29 is 18.3 Å². The summed E-state index contributed by atoms with van der Waals surface area (Å²) in [6.07, 6.45) is 1.91. The number of benzene rings is 2. The van der Waals surface area contributed by atoms with Crippen molar-refractivity contribution in [3.05, 3.63) is 65.7 Å². The van der Waals surface area contributed by atoms with Crippen molar-refractivity contribution in [2.24, 2.45) is 5.92 Å². The molecule has 0 atom stereocenters. The minimum atomic E-state index is -0.335. The maximum absolute atomic E-state index is 12.9. The lowest BCUT2D eigenvalue weighted by Crippen LogP contribution is -2.38. The second kappa shape index (κ2) is 8.21. The summed E-state index contributed by atoms with van der Waals surface area (Å²) in [7, 11) is 0. The van der Waals surface area contributed by atoms with E-state index in [-0.39, 0.29) is 17.4 Å². The molecule has 1 fully saturated rings. The number of piperidine rings is 1. The van der Waals surface area contributed by atoms with Gasteiger partial charge in [-0.15, -0.1) is 0 Å². The van der Waals surface area contributed by atoms with Crippen molar-refractivity contribution in [2.75, 3.05) is 26.2 Å². The Kier molecular flexibility index (Phi) is 5.76. The van der Waals surface area contributed by atoms with Crippen LogP contribution in [0.25, 0.3) is 0 Å². The van der Waals surface area contributed by atoms with E-state index in [1.807, 2.05) is 0 Å². The van der Waals surface area contributed by atoms with Crippen LogP contribution in [0.15, 0.2) is 48.5 Å². The molecule has 0 saturated carbocycles. The average Bonchev–Trinajstić information content (AvgIpc) is 2.63. The molecular formula is C20H21F2NO2. The second-order valence-electron chi connectivity index (χ2n) is 6.41. The predicted molar refractivity (Wildman–Crippen MR) is 91.8 cm³/mol. The number of hydrogen-bond acceptors (Lipinski definition) is 3. The summed E-state index contributed by atoms with van der Waals surface area (Å²) in [5, 5.41) is 0. The number of rotatable bonds is 6. The molecular weight excluding hydrogens is 324 g/mol. The molecule has 0 bridgehead atoms. The van der Waals surface area contributed by atoms with Gasteiger partial charge in [0.05, 0.1) is 13.2 Å². The van der Waals surface area contributed by atoms with Crippen molar-refractivity contribution in [3.63, 3.8) is 0 Å². The zero-order chi connectivity index (χ0) is 17.6. The summed E-state index contributed by atoms with van der Waals surface area (Å²) >= 11 is 0. The zero-order valence-corrected chi connectivity index (χ0v) is 14.0. The van der Waals surface area contributed by atoms with Gasteiger partial charge in [-0.2, -0.15) is 0 Å². The lowest BCUT2D eigenvalue weighted by atomic mass is 9.97. The lowest BCUT2D eigenvalue weighted by molar-refractivity contribution is 0.0873. The summed E-state index contributed by atoms with van der Waals surface area (Å²) in [6.45, 7) is 2.64. The van der Waals surface area contributed by atoms with Gasteiger partial charge >= 0.3 is 0 Å². The fourth-order valence-corrected chi connectivity index (χ4v) is 2.99. The highest BCUT2D eigenvalue weighted by atomic mass is 19.1. The van der Waals surface area contributed by atoms with Gasteiger partial charge in [0.15, 0.2) is 5.78 Å². The molecule has 0 spiro atoms. The third-order valence-electron chi connectivity index (χ3n) is 4.54. The largest absolute Gasteiger partial charge is 0.493 e. The molecule has 3 rings (SSSR count). The molecule has 2 aromatic rings. The molecule has 1 heterocycles. The standard InChI is InChI=1S/C20H21F2NO2/c21-17-3-1-16(2-4-17)20(24)13-23-11-9-15(10-12-23)14-25-19-7-5-18(22)6-8-19/h1-8,15H,9-14H2. The molecule has 2 aromatic carbocycles. The van der Waals surface area contributed by atoms with Crippen molar-refractivity contribution in [2.45, 2.75) is 12.8 Å². The first-order valence-corrected chi connectivity index (χ1v) is 8.49. The van der Waals surface area contributed by atoms with Gasteiger partial charge in [-0.3, -0.25) is 9.69 Å². The Morgan fingerprint density at radius 3 is 2.12 bits per heavy atom. The molecule has 5 heteroatoms. The molecule has 1 aliphatic heterocycles. The van der Waals surface area contributed by atoms with E-state index >= 15 is 0 Å². The van der Waals surface area contributed by atoms with Gasteiger partial charge in [-0.25, -0.2) is 8.78 Å². The van der Waals surface area contributed by atoms with Crippen LogP contribution in [0.2, 0.25) is 0 Å². The highest BCUT2D eigenvalue weighted by molar-refractivity contribution is 5.97. The highest BCUT2D eigenvalue weighted by Gasteiger charge is 2.21. The number of hydrogen-bond donors (Lipinski definition) is 0. The first kappa shape index (κ1) is 17.5. The quantitative estimate of drug-likeness (QED) is 0.743. The van der Waals surface area contributed by atoms with E-state index in [4.69, 9.17) is 4.74 Å². The number of ketones is 1. The van der Waals surface area contributed by atoms with Crippen LogP contribution in [0, 0.1) is 17.6 Å². The van der Waals surface area contributed by atoms with Crippen LogP contribution in [0.4, 0.5) is 8.78 Å². The normalized spacial score (nSPS) is 15.9. The summed E-state index contributed by atoms with van der Waals surface area (Å²) in [5.74, 6) is 0.517. The molecule has 25 heavy (non-hydrogen) atoms. The number of carbonyl (C=O) groups is 1. The van der Waals surface area contributed by atoms with E-state index in [0.29, 0.717) is 30.4 Å². The number of nitrogens with zero attached hydrogens (tertiary/aromatic N) is 1. The SMILES string of the molecule is O=C(CN1CCC(COc2ccc(F)cc2)CC1)c1ccc(F)cc1. The van der Waals surface area contributed by atoms with E-state index in [1.165, 1.54) is 36.4 Å². The van der Waals surface area contributed by atoms with E-state index < -0.39 is 0 Å². The van der Waals surface area contributed by atoms with Crippen molar-refractivity contribution >= 4 is 5.78 Å². The summed E-state index contributed by atoms with van der Waals surface area (Å²) < 4.78 is 31.5. The van der Waals surface area contributed by atoms with Crippen molar-refractivity contribution in [3.8, 4) is 5.75 Å². The summed E-state index contributed by atoms with van der Waals surface area (Å²) in [5.41, 5.74) is 0.545. The minimum Gasteiger partial charge on any atom is -0.493 e. The first-order valence-electron chi connectivity index (χ1n) is 8.49. The van der Waals surface area contributed by atoms with Crippen molar-refractivity contribution in [1.29, 1.82) is 0 Å². The lowest BCUT2D eigenvalue weighted by Gasteiger charge is -2.31. The fraction of sp³-hybridized carbons (Fsp3) is 0.350. The molecule has 0 radical (unpaired) electrons. The van der Waals surface area contributed by atoms with Gasteiger partial charge < -0.3 is 4.74 Å². The van der Waals surface area contributed by atoms with E-state index in [0.717, 1.165) is 25.9 Å². The summed E-state index contributed by atoms with van der Waals surface area (Å²) in [4.78, 5) is 14.3. The topological polar surface area (TPSA) is 29.5 Å².